The van der Waals surface area contributed by atoms with Gasteiger partial charge in [-0.1, -0.05) is 29.4 Å². The first-order valence-electron chi connectivity index (χ1n) is 7.71. The largest absolute Gasteiger partial charge is 0.305 e. The maximum absolute atomic E-state index is 13.4. The number of nitro benzene ring substituents is 1. The van der Waals surface area contributed by atoms with Crippen LogP contribution < -0.4 is 4.80 Å². The highest BCUT2D eigenvalue weighted by Crippen LogP contribution is 2.18. The van der Waals surface area contributed by atoms with Crippen molar-refractivity contribution in [2.24, 2.45) is 4.99 Å². The summed E-state index contributed by atoms with van der Waals surface area (Å²) < 4.78 is 15.7. The Labute approximate surface area is 157 Å². The Kier molecular flexibility index (Phi) is 5.24. The summed E-state index contributed by atoms with van der Waals surface area (Å²) in [5, 5.41) is 10.8. The zero-order valence-electron chi connectivity index (χ0n) is 13.8. The number of non-ortho nitro benzene ring substituents is 1. The predicted molar refractivity (Wildman–Crippen MR) is 101 cm³/mol. The van der Waals surface area contributed by atoms with Crippen molar-refractivity contribution in [3.63, 3.8) is 0 Å². The van der Waals surface area contributed by atoms with Gasteiger partial charge in [0.15, 0.2) is 4.80 Å². The molecule has 0 aliphatic carbocycles. The van der Waals surface area contributed by atoms with Gasteiger partial charge >= 0.3 is 0 Å². The van der Waals surface area contributed by atoms with E-state index in [0.717, 1.165) is 11.3 Å². The molecule has 0 saturated heterocycles. The number of rotatable bonds is 4. The van der Waals surface area contributed by atoms with Gasteiger partial charge in [0.05, 0.1) is 21.7 Å². The minimum atomic E-state index is -0.556. The van der Waals surface area contributed by atoms with Gasteiger partial charge in [0.2, 0.25) is 0 Å². The molecule has 1 amide bonds. The Morgan fingerprint density at radius 1 is 1.37 bits per heavy atom. The van der Waals surface area contributed by atoms with Crippen LogP contribution in [0.25, 0.3) is 16.3 Å². The Balaban J connectivity index is 1.95. The van der Waals surface area contributed by atoms with Crippen molar-refractivity contribution in [1.29, 1.82) is 0 Å². The van der Waals surface area contributed by atoms with Gasteiger partial charge in [-0.05, 0) is 29.8 Å². The highest BCUT2D eigenvalue weighted by atomic mass is 32.1. The van der Waals surface area contributed by atoms with E-state index >= 15 is 0 Å². The van der Waals surface area contributed by atoms with Crippen LogP contribution in [0, 0.1) is 28.3 Å². The molecule has 0 saturated carbocycles. The Morgan fingerprint density at radius 3 is 2.93 bits per heavy atom. The van der Waals surface area contributed by atoms with Crippen LogP contribution in [0.3, 0.4) is 0 Å². The van der Waals surface area contributed by atoms with E-state index in [9.17, 15) is 19.3 Å². The topological polar surface area (TPSA) is 77.5 Å². The van der Waals surface area contributed by atoms with Gasteiger partial charge in [-0.3, -0.25) is 14.9 Å². The minimum Gasteiger partial charge on any atom is -0.305 e. The molecule has 1 aromatic heterocycles. The zero-order valence-corrected chi connectivity index (χ0v) is 14.6. The molecule has 0 aliphatic heterocycles. The number of terminal acetylenes is 1. The van der Waals surface area contributed by atoms with Gasteiger partial charge in [-0.2, -0.15) is 4.99 Å². The Morgan fingerprint density at radius 2 is 2.19 bits per heavy atom. The number of benzene rings is 2. The molecule has 134 valence electrons. The van der Waals surface area contributed by atoms with Crippen LogP contribution in [0.15, 0.2) is 53.5 Å². The fourth-order valence-corrected chi connectivity index (χ4v) is 3.48. The molecule has 1 heterocycles. The summed E-state index contributed by atoms with van der Waals surface area (Å²) in [6.45, 7) is 0.187. The highest BCUT2D eigenvalue weighted by Gasteiger charge is 2.08. The maximum Gasteiger partial charge on any atom is 0.272 e. The molecule has 0 atom stereocenters. The van der Waals surface area contributed by atoms with E-state index in [2.05, 4.69) is 10.9 Å². The van der Waals surface area contributed by atoms with Crippen molar-refractivity contribution < 1.29 is 14.1 Å². The average molecular weight is 381 g/mol. The molecular weight excluding hydrogens is 369 g/mol. The van der Waals surface area contributed by atoms with Crippen molar-refractivity contribution in [3.8, 4) is 12.3 Å². The number of hydrogen-bond donors (Lipinski definition) is 0. The van der Waals surface area contributed by atoms with Crippen LogP contribution in [0.1, 0.15) is 5.56 Å². The molecule has 3 rings (SSSR count). The molecule has 0 bridgehead atoms. The lowest BCUT2D eigenvalue weighted by molar-refractivity contribution is -0.384. The zero-order chi connectivity index (χ0) is 19.4. The van der Waals surface area contributed by atoms with Crippen molar-refractivity contribution in [2.75, 3.05) is 0 Å². The second-order valence-corrected chi connectivity index (χ2v) is 6.43. The highest BCUT2D eigenvalue weighted by molar-refractivity contribution is 7.16. The standard InChI is InChI=1S/C19H12FN3O3S/c1-2-10-22-16-8-7-14(20)12-17(16)27-19(22)21-18(24)9-6-13-4-3-5-15(11-13)23(25)26/h1,3-9,11-12H,10H2. The first kappa shape index (κ1) is 18.2. The van der Waals surface area contributed by atoms with Gasteiger partial charge in [-0.15, -0.1) is 6.42 Å². The first-order valence-corrected chi connectivity index (χ1v) is 8.53. The van der Waals surface area contributed by atoms with Gasteiger partial charge < -0.3 is 4.57 Å². The number of carbonyl (C=O) groups is 1. The van der Waals surface area contributed by atoms with Gasteiger partial charge in [0.25, 0.3) is 11.6 Å². The maximum atomic E-state index is 13.4. The Bertz CT molecular complexity index is 1180. The molecule has 0 unspecified atom stereocenters. The number of thiazole rings is 1. The summed E-state index contributed by atoms with van der Waals surface area (Å²) in [6.07, 6.45) is 8.03. The molecule has 8 heteroatoms. The molecule has 0 spiro atoms. The molecule has 2 aromatic carbocycles. The predicted octanol–water partition coefficient (Wildman–Crippen LogP) is 3.52. The SMILES string of the molecule is C#CCn1c(=NC(=O)C=Cc2cccc([N+](=O)[O-])c2)sc2cc(F)ccc21. The summed E-state index contributed by atoms with van der Waals surface area (Å²) in [5.41, 5.74) is 1.12. The van der Waals surface area contributed by atoms with E-state index in [4.69, 9.17) is 6.42 Å². The van der Waals surface area contributed by atoms with Crippen LogP contribution >= 0.6 is 11.3 Å². The second kappa shape index (κ2) is 7.76. The van der Waals surface area contributed by atoms with Crippen molar-refractivity contribution in [1.82, 2.24) is 4.57 Å². The molecule has 0 radical (unpaired) electrons. The third kappa shape index (κ3) is 4.16. The van der Waals surface area contributed by atoms with E-state index in [1.165, 1.54) is 42.5 Å². The summed E-state index contributed by atoms with van der Waals surface area (Å²) >= 11 is 1.15. The number of fused-ring (bicyclic) bond motifs is 1. The molecular formula is C19H12FN3O3S. The lowest BCUT2D eigenvalue weighted by Gasteiger charge is -1.98. The van der Waals surface area contributed by atoms with Crippen molar-refractivity contribution in [2.45, 2.75) is 6.54 Å². The first-order chi connectivity index (χ1) is 13.0. The number of halogens is 1. The van der Waals surface area contributed by atoms with E-state index in [0.29, 0.717) is 20.6 Å². The summed E-state index contributed by atoms with van der Waals surface area (Å²) in [5.74, 6) is 1.54. The number of carbonyl (C=O) groups excluding carboxylic acids is 1. The lowest BCUT2D eigenvalue weighted by Crippen LogP contribution is -2.15. The van der Waals surface area contributed by atoms with E-state index in [1.54, 1.807) is 16.7 Å². The number of nitrogens with zero attached hydrogens (tertiary/aromatic N) is 3. The van der Waals surface area contributed by atoms with Gasteiger partial charge in [0.1, 0.15) is 5.82 Å². The lowest BCUT2D eigenvalue weighted by atomic mass is 10.2. The fourth-order valence-electron chi connectivity index (χ4n) is 2.42. The summed E-state index contributed by atoms with van der Waals surface area (Å²) in [4.78, 5) is 26.8. The normalized spacial score (nSPS) is 11.8. The van der Waals surface area contributed by atoms with Crippen LogP contribution in [0.4, 0.5) is 10.1 Å². The molecule has 0 N–H and O–H groups in total. The number of amides is 1. The average Bonchev–Trinajstić information content (AvgIpc) is 2.97. The molecule has 0 fully saturated rings. The van der Waals surface area contributed by atoms with Crippen LogP contribution in [0.2, 0.25) is 0 Å². The molecule has 27 heavy (non-hydrogen) atoms. The van der Waals surface area contributed by atoms with Crippen molar-refractivity contribution in [3.05, 3.63) is 74.8 Å². The van der Waals surface area contributed by atoms with Crippen LogP contribution in [-0.2, 0) is 11.3 Å². The van der Waals surface area contributed by atoms with Crippen molar-refractivity contribution >= 4 is 39.2 Å². The Hall–Kier alpha value is -3.57. The molecule has 3 aromatic rings. The third-order valence-corrected chi connectivity index (χ3v) is 4.64. The smallest absolute Gasteiger partial charge is 0.272 e. The quantitative estimate of drug-likeness (QED) is 0.300. The summed E-state index contributed by atoms with van der Waals surface area (Å²) in [6, 6.07) is 10.1. The summed E-state index contributed by atoms with van der Waals surface area (Å²) in [7, 11) is 0. The van der Waals surface area contributed by atoms with Gasteiger partial charge in [0, 0.05) is 18.2 Å². The number of hydrogen-bond acceptors (Lipinski definition) is 4. The molecule has 6 nitrogen and oxygen atoms in total. The van der Waals surface area contributed by atoms with Gasteiger partial charge in [-0.25, -0.2) is 4.39 Å². The third-order valence-electron chi connectivity index (χ3n) is 3.60. The number of aromatic nitrogens is 1. The molecule has 0 aliphatic rings. The van der Waals surface area contributed by atoms with E-state index in [1.807, 2.05) is 0 Å². The second-order valence-electron chi connectivity index (χ2n) is 5.42. The number of nitro groups is 1. The monoisotopic (exact) mass is 381 g/mol. The van der Waals surface area contributed by atoms with E-state index in [-0.39, 0.29) is 18.0 Å². The fraction of sp³-hybridized carbons (Fsp3) is 0.0526. The van der Waals surface area contributed by atoms with E-state index < -0.39 is 10.8 Å². The van der Waals surface area contributed by atoms with Crippen LogP contribution in [0.5, 0.6) is 0 Å². The minimum absolute atomic E-state index is 0.0695. The van der Waals surface area contributed by atoms with Crippen LogP contribution in [-0.4, -0.2) is 15.4 Å².